The number of nitrogens with two attached hydrogens (primary N) is 1. The molecule has 1 unspecified atom stereocenters. The number of benzene rings is 2. The van der Waals surface area contributed by atoms with Crippen molar-refractivity contribution in [2.45, 2.75) is 25.9 Å². The highest BCUT2D eigenvalue weighted by atomic mass is 79.9. The monoisotopic (exact) mass is 350 g/mol. The summed E-state index contributed by atoms with van der Waals surface area (Å²) in [7, 11) is 2.04. The van der Waals surface area contributed by atoms with Crippen molar-refractivity contribution in [3.8, 4) is 0 Å². The summed E-state index contributed by atoms with van der Waals surface area (Å²) in [6.45, 7) is 2.73. The predicted molar refractivity (Wildman–Crippen MR) is 90.0 cm³/mol. The van der Waals surface area contributed by atoms with Crippen LogP contribution < -0.4 is 10.6 Å². The van der Waals surface area contributed by atoms with Crippen LogP contribution in [-0.4, -0.2) is 13.1 Å². The van der Waals surface area contributed by atoms with Crippen LogP contribution in [0.15, 0.2) is 46.9 Å². The van der Waals surface area contributed by atoms with Crippen molar-refractivity contribution in [1.29, 1.82) is 0 Å². The number of anilines is 1. The first-order valence-electron chi connectivity index (χ1n) is 6.95. The SMILES string of the molecule is CC(N)Cc1cc(Br)ccc1N(C)Cc1ccc(F)cc1. The Labute approximate surface area is 133 Å². The van der Waals surface area contributed by atoms with Gasteiger partial charge >= 0.3 is 0 Å². The lowest BCUT2D eigenvalue weighted by Gasteiger charge is -2.23. The molecule has 0 radical (unpaired) electrons. The molecule has 0 saturated carbocycles. The van der Waals surface area contributed by atoms with E-state index >= 15 is 0 Å². The van der Waals surface area contributed by atoms with Gasteiger partial charge in [-0.05, 0) is 54.8 Å². The summed E-state index contributed by atoms with van der Waals surface area (Å²) in [5, 5.41) is 0. The Balaban J connectivity index is 2.21. The molecule has 112 valence electrons. The third-order valence-corrected chi connectivity index (χ3v) is 3.82. The first kappa shape index (κ1) is 16.0. The Morgan fingerprint density at radius 2 is 1.86 bits per heavy atom. The van der Waals surface area contributed by atoms with E-state index in [4.69, 9.17) is 5.73 Å². The second kappa shape index (κ2) is 7.05. The molecule has 0 aromatic heterocycles. The molecule has 0 saturated heterocycles. The van der Waals surface area contributed by atoms with Crippen molar-refractivity contribution in [2.24, 2.45) is 5.73 Å². The minimum absolute atomic E-state index is 0.109. The maximum Gasteiger partial charge on any atom is 0.123 e. The Bertz CT molecular complexity index is 596. The molecule has 0 amide bonds. The van der Waals surface area contributed by atoms with E-state index in [9.17, 15) is 4.39 Å². The third kappa shape index (κ3) is 4.55. The van der Waals surface area contributed by atoms with E-state index in [-0.39, 0.29) is 11.9 Å². The second-order valence-electron chi connectivity index (χ2n) is 5.44. The highest BCUT2D eigenvalue weighted by Crippen LogP contribution is 2.26. The first-order chi connectivity index (χ1) is 9.95. The molecule has 0 fully saturated rings. The fourth-order valence-corrected chi connectivity index (χ4v) is 2.79. The van der Waals surface area contributed by atoms with E-state index in [2.05, 4.69) is 33.0 Å². The van der Waals surface area contributed by atoms with Gasteiger partial charge < -0.3 is 10.6 Å². The van der Waals surface area contributed by atoms with Crippen molar-refractivity contribution >= 4 is 21.6 Å². The lowest BCUT2D eigenvalue weighted by Crippen LogP contribution is -2.22. The maximum atomic E-state index is 13.0. The van der Waals surface area contributed by atoms with Crippen molar-refractivity contribution in [3.05, 3.63) is 63.9 Å². The Morgan fingerprint density at radius 1 is 1.19 bits per heavy atom. The molecule has 0 aliphatic carbocycles. The quantitative estimate of drug-likeness (QED) is 0.878. The molecule has 0 aliphatic rings. The molecule has 0 bridgehead atoms. The average molecular weight is 351 g/mol. The van der Waals surface area contributed by atoms with Crippen LogP contribution in [0.5, 0.6) is 0 Å². The van der Waals surface area contributed by atoms with E-state index < -0.39 is 0 Å². The number of hydrogen-bond donors (Lipinski definition) is 1. The summed E-state index contributed by atoms with van der Waals surface area (Å²) in [5.41, 5.74) is 9.38. The maximum absolute atomic E-state index is 13.0. The highest BCUT2D eigenvalue weighted by molar-refractivity contribution is 9.10. The Kier molecular flexibility index (Phi) is 5.37. The summed E-state index contributed by atoms with van der Waals surface area (Å²) < 4.78 is 14.0. The van der Waals surface area contributed by atoms with Crippen LogP contribution in [0.2, 0.25) is 0 Å². The number of halogens is 2. The topological polar surface area (TPSA) is 29.3 Å². The van der Waals surface area contributed by atoms with Gasteiger partial charge in [-0.2, -0.15) is 0 Å². The summed E-state index contributed by atoms with van der Waals surface area (Å²) in [6, 6.07) is 13.0. The van der Waals surface area contributed by atoms with E-state index in [1.807, 2.05) is 32.2 Å². The van der Waals surface area contributed by atoms with Crippen LogP contribution in [0.1, 0.15) is 18.1 Å². The molecule has 0 heterocycles. The van der Waals surface area contributed by atoms with Crippen molar-refractivity contribution in [3.63, 3.8) is 0 Å². The van der Waals surface area contributed by atoms with Crippen molar-refractivity contribution < 1.29 is 4.39 Å². The molecule has 2 rings (SSSR count). The molecule has 4 heteroatoms. The standard InChI is InChI=1S/C17H20BrFN2/c1-12(20)9-14-10-15(18)5-8-17(14)21(2)11-13-3-6-16(19)7-4-13/h3-8,10,12H,9,11,20H2,1-2H3. The third-order valence-electron chi connectivity index (χ3n) is 3.33. The average Bonchev–Trinajstić information content (AvgIpc) is 2.40. The summed E-state index contributed by atoms with van der Waals surface area (Å²) in [6.07, 6.45) is 0.822. The summed E-state index contributed by atoms with van der Waals surface area (Å²) in [5.74, 6) is -0.206. The molecule has 0 aliphatic heterocycles. The molecular formula is C17H20BrFN2. The van der Waals surface area contributed by atoms with Crippen LogP contribution in [-0.2, 0) is 13.0 Å². The lowest BCUT2D eigenvalue weighted by molar-refractivity contribution is 0.627. The van der Waals surface area contributed by atoms with Crippen molar-refractivity contribution in [1.82, 2.24) is 0 Å². The smallest absolute Gasteiger partial charge is 0.123 e. The zero-order valence-corrected chi connectivity index (χ0v) is 13.9. The van der Waals surface area contributed by atoms with Gasteiger partial charge in [0.05, 0.1) is 0 Å². The van der Waals surface area contributed by atoms with E-state index in [1.54, 1.807) is 0 Å². The second-order valence-corrected chi connectivity index (χ2v) is 6.35. The number of hydrogen-bond acceptors (Lipinski definition) is 2. The molecule has 21 heavy (non-hydrogen) atoms. The molecule has 2 aromatic carbocycles. The van der Waals surface area contributed by atoms with Crippen LogP contribution in [0.25, 0.3) is 0 Å². The van der Waals surface area contributed by atoms with Gasteiger partial charge in [0.2, 0.25) is 0 Å². The fourth-order valence-electron chi connectivity index (χ4n) is 2.39. The van der Waals surface area contributed by atoms with Gasteiger partial charge in [-0.1, -0.05) is 28.1 Å². The summed E-state index contributed by atoms with van der Waals surface area (Å²) in [4.78, 5) is 2.16. The minimum Gasteiger partial charge on any atom is -0.370 e. The van der Waals surface area contributed by atoms with Crippen molar-refractivity contribution in [2.75, 3.05) is 11.9 Å². The highest BCUT2D eigenvalue weighted by Gasteiger charge is 2.10. The van der Waals surface area contributed by atoms with Crippen LogP contribution >= 0.6 is 15.9 Å². The van der Waals surface area contributed by atoms with Gasteiger partial charge in [0.25, 0.3) is 0 Å². The van der Waals surface area contributed by atoms with E-state index in [0.29, 0.717) is 0 Å². The van der Waals surface area contributed by atoms with Gasteiger partial charge in [0.1, 0.15) is 5.82 Å². The van der Waals surface area contributed by atoms with Gasteiger partial charge in [-0.3, -0.25) is 0 Å². The fraction of sp³-hybridized carbons (Fsp3) is 0.294. The first-order valence-corrected chi connectivity index (χ1v) is 7.74. The van der Waals surface area contributed by atoms with Gasteiger partial charge in [0.15, 0.2) is 0 Å². The number of nitrogens with zero attached hydrogens (tertiary/aromatic N) is 1. The molecule has 2 N–H and O–H groups in total. The van der Waals surface area contributed by atoms with Crippen LogP contribution in [0.4, 0.5) is 10.1 Å². The molecule has 0 spiro atoms. The van der Waals surface area contributed by atoms with Gasteiger partial charge in [0, 0.05) is 29.8 Å². The Morgan fingerprint density at radius 3 is 2.48 bits per heavy atom. The van der Waals surface area contributed by atoms with Crippen LogP contribution in [0, 0.1) is 5.82 Å². The van der Waals surface area contributed by atoms with Crippen LogP contribution in [0.3, 0.4) is 0 Å². The molecule has 2 nitrogen and oxygen atoms in total. The Hall–Kier alpha value is -1.39. The van der Waals surface area contributed by atoms with Gasteiger partial charge in [-0.15, -0.1) is 0 Å². The molecule has 2 aromatic rings. The molecular weight excluding hydrogens is 331 g/mol. The zero-order valence-electron chi connectivity index (χ0n) is 12.3. The number of rotatable bonds is 5. The summed E-state index contributed by atoms with van der Waals surface area (Å²) >= 11 is 3.51. The predicted octanol–water partition coefficient (Wildman–Crippen LogP) is 4.11. The van der Waals surface area contributed by atoms with E-state index in [1.165, 1.54) is 17.7 Å². The van der Waals surface area contributed by atoms with Gasteiger partial charge in [-0.25, -0.2) is 4.39 Å². The zero-order chi connectivity index (χ0) is 15.4. The molecule has 1 atom stereocenters. The normalized spacial score (nSPS) is 12.2. The minimum atomic E-state index is -0.206. The lowest BCUT2D eigenvalue weighted by atomic mass is 10.0. The largest absolute Gasteiger partial charge is 0.370 e. The van der Waals surface area contributed by atoms with E-state index in [0.717, 1.165) is 28.7 Å².